The number of hydrazine groups is 1. The Labute approximate surface area is 145 Å². The fraction of sp³-hybridized carbons (Fsp3) is 0.429. The summed E-state index contributed by atoms with van der Waals surface area (Å²) >= 11 is 5.73. The molecule has 2 amide bonds. The minimum absolute atomic E-state index is 0.0191. The molecule has 2 N–H and O–H groups in total. The van der Waals surface area contributed by atoms with Crippen molar-refractivity contribution in [2.45, 2.75) is 23.8 Å². The van der Waals surface area contributed by atoms with Gasteiger partial charge in [-0.1, -0.05) is 11.6 Å². The van der Waals surface area contributed by atoms with E-state index >= 15 is 0 Å². The summed E-state index contributed by atoms with van der Waals surface area (Å²) in [7, 11) is -2.56. The molecule has 132 valence electrons. The number of amides is 2. The van der Waals surface area contributed by atoms with E-state index in [0.29, 0.717) is 18.1 Å². The number of likely N-dealkylation sites (N-methyl/N-ethyl adjacent to an activating group) is 1. The molecule has 0 aromatic heterocycles. The number of halogens is 1. The zero-order valence-corrected chi connectivity index (χ0v) is 14.6. The van der Waals surface area contributed by atoms with Crippen LogP contribution in [0.2, 0.25) is 5.02 Å². The third kappa shape index (κ3) is 4.67. The summed E-state index contributed by atoms with van der Waals surface area (Å²) in [5, 5.41) is 0.409. The first kappa shape index (κ1) is 18.7. The van der Waals surface area contributed by atoms with Gasteiger partial charge >= 0.3 is 0 Å². The van der Waals surface area contributed by atoms with Gasteiger partial charge < -0.3 is 4.74 Å². The highest BCUT2D eigenvalue weighted by molar-refractivity contribution is 7.89. The zero-order chi connectivity index (χ0) is 17.7. The predicted molar refractivity (Wildman–Crippen MR) is 86.5 cm³/mol. The van der Waals surface area contributed by atoms with Crippen LogP contribution in [0.15, 0.2) is 29.2 Å². The molecule has 0 spiro atoms. The molecule has 1 aromatic carbocycles. The molecule has 1 aliphatic rings. The smallest absolute Gasteiger partial charge is 0.267 e. The molecule has 2 rings (SSSR count). The van der Waals surface area contributed by atoms with Crippen LogP contribution in [0.5, 0.6) is 0 Å². The zero-order valence-electron chi connectivity index (χ0n) is 13.0. The van der Waals surface area contributed by atoms with Gasteiger partial charge in [0.15, 0.2) is 0 Å². The van der Waals surface area contributed by atoms with Gasteiger partial charge in [0.1, 0.15) is 6.10 Å². The summed E-state index contributed by atoms with van der Waals surface area (Å²) in [4.78, 5) is 23.5. The standard InChI is InChI=1S/C14H18ClN3O5S/c1-18(24(21,22)11-6-4-10(15)5-7-11)9-13(19)16-17-14(20)12-3-2-8-23-12/h4-7,12H,2-3,8-9H2,1H3,(H,16,19)(H,17,20)/t12-/m1/s1. The van der Waals surface area contributed by atoms with Crippen LogP contribution in [-0.2, 0) is 24.3 Å². The molecule has 0 radical (unpaired) electrons. The largest absolute Gasteiger partial charge is 0.368 e. The number of nitrogens with one attached hydrogen (secondary N) is 2. The molecule has 1 aromatic rings. The molecule has 0 unspecified atom stereocenters. The van der Waals surface area contributed by atoms with Gasteiger partial charge in [-0.25, -0.2) is 8.42 Å². The Morgan fingerprint density at radius 1 is 1.29 bits per heavy atom. The van der Waals surface area contributed by atoms with E-state index in [-0.39, 0.29) is 4.90 Å². The van der Waals surface area contributed by atoms with Gasteiger partial charge in [-0.05, 0) is 37.1 Å². The molecular weight excluding hydrogens is 358 g/mol. The molecule has 1 aliphatic heterocycles. The van der Waals surface area contributed by atoms with Crippen molar-refractivity contribution in [3.63, 3.8) is 0 Å². The number of carbonyl (C=O) groups excluding carboxylic acids is 2. The van der Waals surface area contributed by atoms with Crippen LogP contribution in [0.25, 0.3) is 0 Å². The summed E-state index contributed by atoms with van der Waals surface area (Å²) in [5.41, 5.74) is 4.40. The van der Waals surface area contributed by atoms with Gasteiger partial charge in [0.05, 0.1) is 11.4 Å². The van der Waals surface area contributed by atoms with Crippen molar-refractivity contribution in [1.82, 2.24) is 15.2 Å². The molecule has 1 fully saturated rings. The summed E-state index contributed by atoms with van der Waals surface area (Å²) < 4.78 is 30.7. The maximum atomic E-state index is 12.3. The Morgan fingerprint density at radius 3 is 2.54 bits per heavy atom. The molecule has 10 heteroatoms. The first-order valence-corrected chi connectivity index (χ1v) is 9.04. The summed E-state index contributed by atoms with van der Waals surface area (Å²) in [6.45, 7) is 0.0604. The highest BCUT2D eigenvalue weighted by atomic mass is 35.5. The SMILES string of the molecule is CN(CC(=O)NNC(=O)[C@H]1CCCO1)S(=O)(=O)c1ccc(Cl)cc1. The molecule has 0 aliphatic carbocycles. The van der Waals surface area contributed by atoms with Gasteiger partial charge in [-0.2, -0.15) is 4.31 Å². The van der Waals surface area contributed by atoms with Gasteiger partial charge in [0, 0.05) is 18.7 Å². The van der Waals surface area contributed by atoms with Crippen LogP contribution in [0, 0.1) is 0 Å². The van der Waals surface area contributed by atoms with Crippen LogP contribution < -0.4 is 10.9 Å². The Balaban J connectivity index is 1.88. The number of rotatable bonds is 5. The number of carbonyl (C=O) groups is 2. The molecular formula is C14H18ClN3O5S. The lowest BCUT2D eigenvalue weighted by atomic mass is 10.2. The van der Waals surface area contributed by atoms with Crippen molar-refractivity contribution in [2.75, 3.05) is 20.2 Å². The lowest BCUT2D eigenvalue weighted by Gasteiger charge is -2.17. The van der Waals surface area contributed by atoms with Crippen LogP contribution in [0.4, 0.5) is 0 Å². The van der Waals surface area contributed by atoms with Gasteiger partial charge in [0.25, 0.3) is 11.8 Å². The maximum absolute atomic E-state index is 12.3. The first-order chi connectivity index (χ1) is 11.3. The van der Waals surface area contributed by atoms with Gasteiger partial charge in [-0.3, -0.25) is 20.4 Å². The fourth-order valence-corrected chi connectivity index (χ4v) is 3.36. The average molecular weight is 376 g/mol. The Morgan fingerprint density at radius 2 is 1.96 bits per heavy atom. The molecule has 1 heterocycles. The van der Waals surface area contributed by atoms with E-state index in [9.17, 15) is 18.0 Å². The van der Waals surface area contributed by atoms with Crippen molar-refractivity contribution < 1.29 is 22.7 Å². The van der Waals surface area contributed by atoms with Crippen LogP contribution in [0.3, 0.4) is 0 Å². The van der Waals surface area contributed by atoms with E-state index in [1.807, 2.05) is 0 Å². The number of benzene rings is 1. The van der Waals surface area contributed by atoms with E-state index < -0.39 is 34.5 Å². The lowest BCUT2D eigenvalue weighted by Crippen LogP contribution is -2.49. The molecule has 0 bridgehead atoms. The van der Waals surface area contributed by atoms with Crippen molar-refractivity contribution >= 4 is 33.4 Å². The van der Waals surface area contributed by atoms with Gasteiger partial charge in [-0.15, -0.1) is 0 Å². The number of sulfonamides is 1. The lowest BCUT2D eigenvalue weighted by molar-refractivity contribution is -0.134. The summed E-state index contributed by atoms with van der Waals surface area (Å²) in [5.74, 6) is -1.12. The second-order valence-electron chi connectivity index (χ2n) is 5.25. The van der Waals surface area contributed by atoms with E-state index in [4.69, 9.17) is 16.3 Å². The summed E-state index contributed by atoms with van der Waals surface area (Å²) in [6, 6.07) is 5.60. The third-order valence-corrected chi connectivity index (χ3v) is 5.50. The van der Waals surface area contributed by atoms with Crippen molar-refractivity contribution in [1.29, 1.82) is 0 Å². The van der Waals surface area contributed by atoms with E-state index in [1.54, 1.807) is 0 Å². The van der Waals surface area contributed by atoms with Gasteiger partial charge in [0.2, 0.25) is 10.0 Å². The van der Waals surface area contributed by atoms with Crippen molar-refractivity contribution in [3.05, 3.63) is 29.3 Å². The van der Waals surface area contributed by atoms with Crippen molar-refractivity contribution in [2.24, 2.45) is 0 Å². The van der Waals surface area contributed by atoms with Crippen molar-refractivity contribution in [3.8, 4) is 0 Å². The Kier molecular flexibility index (Phi) is 6.16. The highest BCUT2D eigenvalue weighted by Gasteiger charge is 2.25. The number of hydrogen-bond acceptors (Lipinski definition) is 5. The molecule has 8 nitrogen and oxygen atoms in total. The Hall–Kier alpha value is -1.68. The van der Waals surface area contributed by atoms with E-state index in [2.05, 4.69) is 10.9 Å². The first-order valence-electron chi connectivity index (χ1n) is 7.23. The summed E-state index contributed by atoms with van der Waals surface area (Å²) in [6.07, 6.45) is 0.793. The molecule has 24 heavy (non-hydrogen) atoms. The molecule has 1 saturated heterocycles. The third-order valence-electron chi connectivity index (χ3n) is 3.44. The van der Waals surface area contributed by atoms with E-state index in [1.165, 1.54) is 31.3 Å². The number of hydrogen-bond donors (Lipinski definition) is 2. The second kappa shape index (κ2) is 7.93. The topological polar surface area (TPSA) is 105 Å². The highest BCUT2D eigenvalue weighted by Crippen LogP contribution is 2.17. The van der Waals surface area contributed by atoms with E-state index in [0.717, 1.165) is 10.7 Å². The average Bonchev–Trinajstić information content (AvgIpc) is 3.07. The number of nitrogens with zero attached hydrogens (tertiary/aromatic N) is 1. The second-order valence-corrected chi connectivity index (χ2v) is 7.74. The Bertz CT molecular complexity index is 702. The predicted octanol–water partition coefficient (Wildman–Crippen LogP) is 0.287. The number of ether oxygens (including phenoxy) is 1. The monoisotopic (exact) mass is 375 g/mol. The molecule has 0 saturated carbocycles. The molecule has 1 atom stereocenters. The normalized spacial score (nSPS) is 17.7. The van der Waals surface area contributed by atoms with Crippen LogP contribution >= 0.6 is 11.6 Å². The maximum Gasteiger partial charge on any atom is 0.267 e. The van der Waals surface area contributed by atoms with Crippen LogP contribution in [0.1, 0.15) is 12.8 Å². The quantitative estimate of drug-likeness (QED) is 0.719. The minimum atomic E-state index is -3.83. The van der Waals surface area contributed by atoms with Crippen LogP contribution in [-0.4, -0.2) is 50.8 Å². The fourth-order valence-electron chi connectivity index (χ4n) is 2.11. The minimum Gasteiger partial charge on any atom is -0.368 e.